The van der Waals surface area contributed by atoms with E-state index < -0.39 is 5.60 Å². The minimum Gasteiger partial charge on any atom is -0.384 e. The van der Waals surface area contributed by atoms with Crippen molar-refractivity contribution < 1.29 is 9.90 Å². The zero-order chi connectivity index (χ0) is 21.3. The Labute approximate surface area is 173 Å². The fraction of sp³-hybridized carbons (Fsp3) is 0.182. The van der Waals surface area contributed by atoms with Gasteiger partial charge >= 0.3 is 0 Å². The van der Waals surface area contributed by atoms with Gasteiger partial charge in [-0.05, 0) is 54.8 Å². The predicted octanol–water partition coefficient (Wildman–Crippen LogP) is 2.78. The molecule has 0 aliphatic heterocycles. The minimum atomic E-state index is -1.02. The van der Waals surface area contributed by atoms with E-state index >= 15 is 0 Å². The van der Waals surface area contributed by atoms with Crippen molar-refractivity contribution in [1.29, 1.82) is 0 Å². The first kappa shape index (κ1) is 19.5. The molecule has 3 heterocycles. The van der Waals surface area contributed by atoms with Crippen LogP contribution in [0.15, 0.2) is 60.9 Å². The molecule has 1 amide bonds. The van der Waals surface area contributed by atoms with Gasteiger partial charge in [-0.15, -0.1) is 5.10 Å². The number of carbonyl (C=O) groups excluding carboxylic acids is 1. The Balaban J connectivity index is 1.41. The number of anilines is 2. The lowest BCUT2D eigenvalue weighted by Crippen LogP contribution is -2.18. The van der Waals surface area contributed by atoms with E-state index in [0.29, 0.717) is 17.0 Å². The maximum atomic E-state index is 12.3. The van der Waals surface area contributed by atoms with Crippen LogP contribution < -0.4 is 11.1 Å². The van der Waals surface area contributed by atoms with Gasteiger partial charge in [0.25, 0.3) is 0 Å². The van der Waals surface area contributed by atoms with Crippen molar-refractivity contribution in [2.24, 2.45) is 0 Å². The number of carbonyl (C=O) groups is 1. The fourth-order valence-electron chi connectivity index (χ4n) is 3.11. The van der Waals surface area contributed by atoms with Gasteiger partial charge in [0.05, 0.1) is 24.0 Å². The number of aromatic nitrogens is 4. The molecule has 0 aliphatic carbocycles. The number of nitrogens with one attached hydrogen (secondary N) is 1. The first-order valence-electron chi connectivity index (χ1n) is 9.48. The van der Waals surface area contributed by atoms with E-state index in [1.807, 2.05) is 42.6 Å². The van der Waals surface area contributed by atoms with Crippen molar-refractivity contribution in [1.82, 2.24) is 19.6 Å². The highest BCUT2D eigenvalue weighted by Gasteiger charge is 2.17. The van der Waals surface area contributed by atoms with Crippen molar-refractivity contribution >= 4 is 23.2 Å². The van der Waals surface area contributed by atoms with Crippen LogP contribution in [0.4, 0.5) is 11.6 Å². The Kier molecular flexibility index (Phi) is 4.93. The number of amides is 1. The van der Waals surface area contributed by atoms with Crippen LogP contribution >= 0.6 is 0 Å². The summed E-state index contributed by atoms with van der Waals surface area (Å²) in [6.07, 6.45) is 3.60. The normalized spacial score (nSPS) is 11.6. The van der Waals surface area contributed by atoms with E-state index in [9.17, 15) is 9.90 Å². The predicted molar refractivity (Wildman–Crippen MR) is 115 cm³/mol. The monoisotopic (exact) mass is 402 g/mol. The van der Waals surface area contributed by atoms with Gasteiger partial charge in [0.1, 0.15) is 5.60 Å². The molecule has 3 aromatic heterocycles. The van der Waals surface area contributed by atoms with E-state index in [1.165, 1.54) is 0 Å². The van der Waals surface area contributed by atoms with Gasteiger partial charge in [-0.1, -0.05) is 24.3 Å². The minimum absolute atomic E-state index is 0.138. The summed E-state index contributed by atoms with van der Waals surface area (Å²) in [5.41, 5.74) is 9.32. The molecule has 0 saturated carbocycles. The number of hydrogen-bond donors (Lipinski definition) is 3. The van der Waals surface area contributed by atoms with Gasteiger partial charge in [-0.2, -0.15) is 4.98 Å². The van der Waals surface area contributed by atoms with Gasteiger partial charge in [-0.3, -0.25) is 9.78 Å². The van der Waals surface area contributed by atoms with Gasteiger partial charge in [0, 0.05) is 6.20 Å². The third-order valence-electron chi connectivity index (χ3n) is 4.68. The summed E-state index contributed by atoms with van der Waals surface area (Å²) in [6, 6.07) is 15.1. The number of pyridine rings is 2. The van der Waals surface area contributed by atoms with Crippen LogP contribution in [0, 0.1) is 0 Å². The molecule has 0 aliphatic rings. The molecule has 8 heteroatoms. The molecular weight excluding hydrogens is 380 g/mol. The number of hydrogen-bond acceptors (Lipinski definition) is 6. The number of rotatable bonds is 5. The lowest BCUT2D eigenvalue weighted by Gasteiger charge is -2.16. The standard InChI is InChI=1S/C22H22N6O2/c1-22(2,30)18-8-7-17(13-24-18)25-20(29)11-14-3-5-15(6-4-14)16-9-10-28-19(12-16)26-21(23)27-28/h3-10,12-13,30H,11H2,1-2H3,(H2,23,27)(H,25,29). The first-order chi connectivity index (χ1) is 14.3. The SMILES string of the molecule is CC(C)(O)c1ccc(NC(=O)Cc2ccc(-c3ccn4nc(N)nc4c3)cc2)cn1. The first-order valence-corrected chi connectivity index (χ1v) is 9.48. The van der Waals surface area contributed by atoms with Gasteiger partial charge in [0.15, 0.2) is 5.65 Å². The maximum absolute atomic E-state index is 12.3. The molecule has 4 aromatic rings. The second kappa shape index (κ2) is 7.57. The zero-order valence-electron chi connectivity index (χ0n) is 16.7. The summed E-state index contributed by atoms with van der Waals surface area (Å²) >= 11 is 0. The largest absolute Gasteiger partial charge is 0.384 e. The second-order valence-corrected chi connectivity index (χ2v) is 7.60. The quantitative estimate of drug-likeness (QED) is 0.472. The van der Waals surface area contributed by atoms with Crippen LogP contribution in [0.25, 0.3) is 16.8 Å². The maximum Gasteiger partial charge on any atom is 0.240 e. The van der Waals surface area contributed by atoms with Crippen LogP contribution in [0.5, 0.6) is 0 Å². The number of fused-ring (bicyclic) bond motifs is 1. The molecule has 0 fully saturated rings. The molecule has 30 heavy (non-hydrogen) atoms. The zero-order valence-corrected chi connectivity index (χ0v) is 16.7. The number of nitrogens with two attached hydrogens (primary N) is 1. The Hall–Kier alpha value is -3.78. The summed E-state index contributed by atoms with van der Waals surface area (Å²) in [5, 5.41) is 16.8. The van der Waals surface area contributed by atoms with Crippen LogP contribution in [0.1, 0.15) is 25.1 Å². The molecular formula is C22H22N6O2. The fourth-order valence-corrected chi connectivity index (χ4v) is 3.11. The third kappa shape index (κ3) is 4.28. The van der Waals surface area contributed by atoms with Crippen molar-refractivity contribution in [3.8, 4) is 11.1 Å². The Morgan fingerprint density at radius 3 is 2.57 bits per heavy atom. The smallest absolute Gasteiger partial charge is 0.240 e. The lowest BCUT2D eigenvalue weighted by atomic mass is 10.0. The van der Waals surface area contributed by atoms with Crippen LogP contribution in [0.2, 0.25) is 0 Å². The molecule has 0 bridgehead atoms. The molecule has 0 spiro atoms. The summed E-state index contributed by atoms with van der Waals surface area (Å²) in [7, 11) is 0. The highest BCUT2D eigenvalue weighted by molar-refractivity contribution is 5.92. The van der Waals surface area contributed by atoms with E-state index in [0.717, 1.165) is 16.7 Å². The molecule has 0 unspecified atom stereocenters. The summed E-state index contributed by atoms with van der Waals surface area (Å²) in [4.78, 5) is 20.7. The van der Waals surface area contributed by atoms with E-state index in [1.54, 1.807) is 36.7 Å². The topological polar surface area (TPSA) is 118 Å². The lowest BCUT2D eigenvalue weighted by molar-refractivity contribution is -0.115. The summed E-state index contributed by atoms with van der Waals surface area (Å²) in [5.74, 6) is 0.0966. The number of nitrogen functional groups attached to an aromatic ring is 1. The number of benzene rings is 1. The van der Waals surface area contributed by atoms with E-state index in [4.69, 9.17) is 5.73 Å². The van der Waals surface area contributed by atoms with Crippen LogP contribution in [-0.2, 0) is 16.8 Å². The van der Waals surface area contributed by atoms with Gasteiger partial charge in [-0.25, -0.2) is 4.52 Å². The highest BCUT2D eigenvalue weighted by atomic mass is 16.3. The van der Waals surface area contributed by atoms with Crippen LogP contribution in [-0.4, -0.2) is 30.6 Å². The number of nitrogens with zero attached hydrogens (tertiary/aromatic N) is 4. The Bertz CT molecular complexity index is 1190. The van der Waals surface area contributed by atoms with E-state index in [2.05, 4.69) is 20.4 Å². The summed E-state index contributed by atoms with van der Waals surface area (Å²) in [6.45, 7) is 3.33. The Morgan fingerprint density at radius 2 is 1.90 bits per heavy atom. The molecule has 4 N–H and O–H groups in total. The third-order valence-corrected chi connectivity index (χ3v) is 4.68. The van der Waals surface area contributed by atoms with Gasteiger partial charge < -0.3 is 16.2 Å². The van der Waals surface area contributed by atoms with Crippen molar-refractivity contribution in [3.05, 3.63) is 72.2 Å². The molecule has 1 aromatic carbocycles. The van der Waals surface area contributed by atoms with Crippen molar-refractivity contribution in [3.63, 3.8) is 0 Å². The average Bonchev–Trinajstić information content (AvgIpc) is 3.07. The van der Waals surface area contributed by atoms with Gasteiger partial charge in [0.2, 0.25) is 11.9 Å². The molecule has 0 radical (unpaired) electrons. The average molecular weight is 402 g/mol. The van der Waals surface area contributed by atoms with Crippen LogP contribution in [0.3, 0.4) is 0 Å². The molecule has 0 atom stereocenters. The summed E-state index contributed by atoms with van der Waals surface area (Å²) < 4.78 is 1.63. The Morgan fingerprint density at radius 1 is 1.13 bits per heavy atom. The second-order valence-electron chi connectivity index (χ2n) is 7.60. The molecule has 152 valence electrons. The van der Waals surface area contributed by atoms with E-state index in [-0.39, 0.29) is 18.3 Å². The molecule has 8 nitrogen and oxygen atoms in total. The van der Waals surface area contributed by atoms with Crippen molar-refractivity contribution in [2.75, 3.05) is 11.1 Å². The molecule has 0 saturated heterocycles. The van der Waals surface area contributed by atoms with Crippen molar-refractivity contribution in [2.45, 2.75) is 25.9 Å². The number of aliphatic hydroxyl groups is 1. The molecule has 4 rings (SSSR count). The highest BCUT2D eigenvalue weighted by Crippen LogP contribution is 2.22.